The highest BCUT2D eigenvalue weighted by molar-refractivity contribution is 7.80. The zero-order valence-electron chi connectivity index (χ0n) is 13.2. The number of benzene rings is 1. The third-order valence-corrected chi connectivity index (χ3v) is 6.02. The zero-order valence-corrected chi connectivity index (χ0v) is 15.7. The van der Waals surface area contributed by atoms with E-state index < -0.39 is 0 Å². The SMILES string of the molecule is CCn1c(-c2scc(C)c2Cl)nnc1C(S)c1ccc(C#N)cc1. The third kappa shape index (κ3) is 2.95. The lowest BCUT2D eigenvalue weighted by atomic mass is 10.1. The quantitative estimate of drug-likeness (QED) is 0.662. The average molecular weight is 375 g/mol. The van der Waals surface area contributed by atoms with Crippen molar-refractivity contribution in [2.45, 2.75) is 25.6 Å². The van der Waals surface area contributed by atoms with Crippen LogP contribution < -0.4 is 0 Å². The van der Waals surface area contributed by atoms with E-state index in [1.807, 2.05) is 35.9 Å². The fraction of sp³-hybridized carbons (Fsp3) is 0.235. The molecule has 0 N–H and O–H groups in total. The molecule has 0 radical (unpaired) electrons. The Kier molecular flexibility index (Phi) is 4.95. The van der Waals surface area contributed by atoms with Gasteiger partial charge in [-0.2, -0.15) is 17.9 Å². The van der Waals surface area contributed by atoms with Crippen LogP contribution in [0.4, 0.5) is 0 Å². The Hall–Kier alpha value is -1.81. The molecule has 1 aromatic carbocycles. The highest BCUT2D eigenvalue weighted by atomic mass is 35.5. The molecule has 3 aromatic rings. The summed E-state index contributed by atoms with van der Waals surface area (Å²) in [5.74, 6) is 1.53. The molecule has 0 aliphatic heterocycles. The molecular formula is C17H15ClN4S2. The molecule has 0 saturated carbocycles. The number of aryl methyl sites for hydroxylation is 1. The first kappa shape index (κ1) is 17.0. The minimum absolute atomic E-state index is 0.223. The van der Waals surface area contributed by atoms with Gasteiger partial charge in [0, 0.05) is 6.54 Å². The summed E-state index contributed by atoms with van der Waals surface area (Å²) in [5.41, 5.74) is 2.63. The number of aromatic nitrogens is 3. The van der Waals surface area contributed by atoms with E-state index in [-0.39, 0.29) is 5.25 Å². The number of thiophene rings is 1. The van der Waals surface area contributed by atoms with Gasteiger partial charge >= 0.3 is 0 Å². The van der Waals surface area contributed by atoms with Gasteiger partial charge in [-0.3, -0.25) is 0 Å². The smallest absolute Gasteiger partial charge is 0.175 e. The molecule has 122 valence electrons. The molecule has 3 rings (SSSR count). The Balaban J connectivity index is 2.02. The minimum Gasteiger partial charge on any atom is -0.309 e. The lowest BCUT2D eigenvalue weighted by molar-refractivity contribution is 0.716. The summed E-state index contributed by atoms with van der Waals surface area (Å²) in [7, 11) is 0. The van der Waals surface area contributed by atoms with Crippen molar-refractivity contribution in [2.24, 2.45) is 0 Å². The number of hydrogen-bond acceptors (Lipinski definition) is 5. The van der Waals surface area contributed by atoms with E-state index in [1.165, 1.54) is 0 Å². The van der Waals surface area contributed by atoms with Crippen LogP contribution in [0, 0.1) is 18.3 Å². The van der Waals surface area contributed by atoms with Gasteiger partial charge in [-0.05, 0) is 42.5 Å². The molecule has 0 spiro atoms. The van der Waals surface area contributed by atoms with E-state index in [0.29, 0.717) is 5.56 Å². The molecule has 2 heterocycles. The Bertz CT molecular complexity index is 906. The lowest BCUT2D eigenvalue weighted by Gasteiger charge is -2.13. The second kappa shape index (κ2) is 6.98. The summed E-state index contributed by atoms with van der Waals surface area (Å²) in [6, 6.07) is 9.48. The predicted octanol–water partition coefficient (Wildman–Crippen LogP) is 4.88. The number of halogens is 1. The minimum atomic E-state index is -0.223. The summed E-state index contributed by atoms with van der Waals surface area (Å²) in [6.07, 6.45) is 0. The van der Waals surface area contributed by atoms with Gasteiger partial charge in [0.1, 0.15) is 0 Å². The monoisotopic (exact) mass is 374 g/mol. The lowest BCUT2D eigenvalue weighted by Crippen LogP contribution is -2.07. The van der Waals surface area contributed by atoms with Crippen LogP contribution in [0.5, 0.6) is 0 Å². The molecular weight excluding hydrogens is 360 g/mol. The molecule has 0 aliphatic carbocycles. The van der Waals surface area contributed by atoms with Crippen molar-refractivity contribution in [3.05, 3.63) is 57.2 Å². The second-order valence-corrected chi connectivity index (χ2v) is 7.10. The molecule has 1 atom stereocenters. The van der Waals surface area contributed by atoms with E-state index in [2.05, 4.69) is 16.3 Å². The number of thiol groups is 1. The first-order chi connectivity index (χ1) is 11.6. The van der Waals surface area contributed by atoms with E-state index in [4.69, 9.17) is 29.5 Å². The van der Waals surface area contributed by atoms with Gasteiger partial charge in [-0.25, -0.2) is 0 Å². The van der Waals surface area contributed by atoms with Crippen molar-refractivity contribution in [1.29, 1.82) is 5.26 Å². The molecule has 7 heteroatoms. The van der Waals surface area contributed by atoms with Gasteiger partial charge in [-0.1, -0.05) is 23.7 Å². The molecule has 0 aliphatic rings. The molecule has 0 bridgehead atoms. The zero-order chi connectivity index (χ0) is 17.3. The van der Waals surface area contributed by atoms with E-state index in [9.17, 15) is 0 Å². The van der Waals surface area contributed by atoms with Crippen molar-refractivity contribution < 1.29 is 0 Å². The van der Waals surface area contributed by atoms with Gasteiger partial charge in [0.15, 0.2) is 11.6 Å². The van der Waals surface area contributed by atoms with Crippen molar-refractivity contribution in [3.8, 4) is 16.8 Å². The van der Waals surface area contributed by atoms with Crippen LogP contribution in [0.1, 0.15) is 34.7 Å². The fourth-order valence-corrected chi connectivity index (χ4v) is 4.10. The second-order valence-electron chi connectivity index (χ2n) is 5.32. The Labute approximate surface area is 155 Å². The summed E-state index contributed by atoms with van der Waals surface area (Å²) in [5, 5.41) is 20.1. The van der Waals surface area contributed by atoms with Crippen molar-refractivity contribution in [1.82, 2.24) is 14.8 Å². The van der Waals surface area contributed by atoms with Crippen LogP contribution >= 0.6 is 35.6 Å². The Morgan fingerprint density at radius 1 is 1.33 bits per heavy atom. The topological polar surface area (TPSA) is 54.5 Å². The standard InChI is InChI=1S/C17H15ClN4S2/c1-3-22-16(14(23)12-6-4-11(8-19)5-7-12)20-21-17(22)15-13(18)10(2)9-24-15/h4-7,9,14,23H,3H2,1-2H3. The van der Waals surface area contributed by atoms with Crippen molar-refractivity contribution >= 4 is 35.6 Å². The molecule has 0 saturated heterocycles. The maximum absolute atomic E-state index is 8.92. The largest absolute Gasteiger partial charge is 0.309 e. The molecule has 24 heavy (non-hydrogen) atoms. The summed E-state index contributed by atoms with van der Waals surface area (Å²) in [6.45, 7) is 4.75. The molecule has 2 aromatic heterocycles. The van der Waals surface area contributed by atoms with Crippen LogP contribution in [0.25, 0.3) is 10.7 Å². The summed E-state index contributed by atoms with van der Waals surface area (Å²) in [4.78, 5) is 0.926. The van der Waals surface area contributed by atoms with Gasteiger partial charge in [-0.15, -0.1) is 21.5 Å². The maximum atomic E-state index is 8.92. The summed E-state index contributed by atoms with van der Waals surface area (Å²) < 4.78 is 2.03. The van der Waals surface area contributed by atoms with Crippen LogP contribution in [0.3, 0.4) is 0 Å². The van der Waals surface area contributed by atoms with Crippen LogP contribution in [-0.4, -0.2) is 14.8 Å². The normalized spacial score (nSPS) is 12.1. The van der Waals surface area contributed by atoms with Crippen molar-refractivity contribution in [2.75, 3.05) is 0 Å². The molecule has 0 amide bonds. The third-order valence-electron chi connectivity index (χ3n) is 3.80. The van der Waals surface area contributed by atoms with Crippen LogP contribution in [-0.2, 0) is 6.54 Å². The first-order valence-corrected chi connectivity index (χ1v) is 9.19. The van der Waals surface area contributed by atoms with Crippen LogP contribution in [0.2, 0.25) is 5.02 Å². The van der Waals surface area contributed by atoms with Gasteiger partial charge in [0.2, 0.25) is 0 Å². The van der Waals surface area contributed by atoms with E-state index in [0.717, 1.165) is 39.2 Å². The first-order valence-electron chi connectivity index (χ1n) is 7.42. The van der Waals surface area contributed by atoms with Crippen LogP contribution in [0.15, 0.2) is 29.6 Å². The van der Waals surface area contributed by atoms with Crippen molar-refractivity contribution in [3.63, 3.8) is 0 Å². The highest BCUT2D eigenvalue weighted by Crippen LogP contribution is 2.37. The number of hydrogen-bond donors (Lipinski definition) is 1. The maximum Gasteiger partial charge on any atom is 0.175 e. The Morgan fingerprint density at radius 3 is 2.58 bits per heavy atom. The Morgan fingerprint density at radius 2 is 2.04 bits per heavy atom. The predicted molar refractivity (Wildman–Crippen MR) is 101 cm³/mol. The number of rotatable bonds is 4. The van der Waals surface area contributed by atoms with E-state index >= 15 is 0 Å². The van der Waals surface area contributed by atoms with Gasteiger partial charge < -0.3 is 4.57 Å². The molecule has 0 fully saturated rings. The fourth-order valence-electron chi connectivity index (χ4n) is 2.47. The number of nitriles is 1. The molecule has 1 unspecified atom stereocenters. The highest BCUT2D eigenvalue weighted by Gasteiger charge is 2.22. The summed E-state index contributed by atoms with van der Waals surface area (Å²) >= 11 is 12.7. The average Bonchev–Trinajstić information content (AvgIpc) is 3.18. The van der Waals surface area contributed by atoms with E-state index in [1.54, 1.807) is 23.5 Å². The molecule has 4 nitrogen and oxygen atoms in total. The number of nitrogens with zero attached hydrogens (tertiary/aromatic N) is 4. The van der Waals surface area contributed by atoms with Gasteiger partial charge in [0.05, 0.1) is 26.8 Å². The van der Waals surface area contributed by atoms with Gasteiger partial charge in [0.25, 0.3) is 0 Å².